The van der Waals surface area contributed by atoms with Gasteiger partial charge >= 0.3 is 0 Å². The zero-order valence-corrected chi connectivity index (χ0v) is 17.1. The van der Waals surface area contributed by atoms with Crippen LogP contribution >= 0.6 is 11.8 Å². The summed E-state index contributed by atoms with van der Waals surface area (Å²) < 4.78 is 5.62. The molecule has 0 bridgehead atoms. The van der Waals surface area contributed by atoms with Gasteiger partial charge in [0.05, 0.1) is 18.6 Å². The van der Waals surface area contributed by atoms with E-state index in [9.17, 15) is 4.79 Å². The first kappa shape index (κ1) is 21.0. The molecule has 0 radical (unpaired) electrons. The lowest BCUT2D eigenvalue weighted by molar-refractivity contribution is -0.118. The lowest BCUT2D eigenvalue weighted by atomic mass is 10.1. The fourth-order valence-corrected chi connectivity index (χ4v) is 3.36. The van der Waals surface area contributed by atoms with E-state index >= 15 is 0 Å². The number of nitrogens with zero attached hydrogens (tertiary/aromatic N) is 1. The molecular weight excluding hydrogens is 356 g/mol. The van der Waals surface area contributed by atoms with Gasteiger partial charge in [0.25, 0.3) is 0 Å². The Bertz CT molecular complexity index is 737. The van der Waals surface area contributed by atoms with Crippen LogP contribution in [0.5, 0.6) is 5.75 Å². The van der Waals surface area contributed by atoms with Crippen LogP contribution in [0.1, 0.15) is 42.0 Å². The second kappa shape index (κ2) is 11.4. The Morgan fingerprint density at radius 2 is 1.85 bits per heavy atom. The Morgan fingerprint density at radius 1 is 1.15 bits per heavy atom. The summed E-state index contributed by atoms with van der Waals surface area (Å²) in [6.07, 6.45) is 3.81. The highest BCUT2D eigenvalue weighted by atomic mass is 32.2. The number of thioether (sulfide) groups is 1. The summed E-state index contributed by atoms with van der Waals surface area (Å²) in [7, 11) is 0. The normalized spacial score (nSPS) is 10.9. The van der Waals surface area contributed by atoms with E-state index < -0.39 is 0 Å². The predicted octanol–water partition coefficient (Wildman–Crippen LogP) is 4.87. The largest absolute Gasteiger partial charge is 0.494 e. The van der Waals surface area contributed by atoms with Gasteiger partial charge in [-0.15, -0.1) is 11.8 Å². The molecule has 144 valence electrons. The molecule has 1 amide bonds. The standard InChI is InChI=1S/C22H28N2O2S/c1-4-5-10-26-21-8-6-19(7-9-21)14-23-24-22(25)16-27-15-20-12-17(2)11-18(3)13-20/h6-9,11-14H,4-5,10,15-16H2,1-3H3,(H,24,25)/b23-14-. The van der Waals surface area contributed by atoms with Crippen LogP contribution in [0.25, 0.3) is 0 Å². The van der Waals surface area contributed by atoms with Crippen molar-refractivity contribution in [1.82, 2.24) is 5.43 Å². The molecular formula is C22H28N2O2S. The number of nitrogens with one attached hydrogen (secondary N) is 1. The molecule has 1 N–H and O–H groups in total. The van der Waals surface area contributed by atoms with Gasteiger partial charge in [0.15, 0.2) is 0 Å². The molecule has 0 atom stereocenters. The molecule has 0 aromatic heterocycles. The van der Waals surface area contributed by atoms with Gasteiger partial charge < -0.3 is 4.74 Å². The van der Waals surface area contributed by atoms with E-state index in [-0.39, 0.29) is 5.91 Å². The first-order valence-corrected chi connectivity index (χ1v) is 10.4. The maximum Gasteiger partial charge on any atom is 0.250 e. The minimum atomic E-state index is -0.0971. The topological polar surface area (TPSA) is 50.7 Å². The highest BCUT2D eigenvalue weighted by Gasteiger charge is 2.02. The van der Waals surface area contributed by atoms with Crippen molar-refractivity contribution in [2.75, 3.05) is 12.4 Å². The van der Waals surface area contributed by atoms with Crippen LogP contribution in [0, 0.1) is 13.8 Å². The molecule has 2 aromatic carbocycles. The maximum absolute atomic E-state index is 11.9. The molecule has 0 saturated heterocycles. The van der Waals surface area contributed by atoms with Crippen molar-refractivity contribution in [3.63, 3.8) is 0 Å². The lowest BCUT2D eigenvalue weighted by Crippen LogP contribution is -2.19. The van der Waals surface area contributed by atoms with Crippen LogP contribution in [-0.2, 0) is 10.5 Å². The van der Waals surface area contributed by atoms with Gasteiger partial charge in [-0.3, -0.25) is 4.79 Å². The summed E-state index contributed by atoms with van der Waals surface area (Å²) in [6.45, 7) is 7.05. The number of benzene rings is 2. The first-order chi connectivity index (χ1) is 13.1. The lowest BCUT2D eigenvalue weighted by Gasteiger charge is -2.05. The highest BCUT2D eigenvalue weighted by Crippen LogP contribution is 2.15. The van der Waals surface area contributed by atoms with Crippen LogP contribution in [0.3, 0.4) is 0 Å². The molecule has 0 aliphatic carbocycles. The highest BCUT2D eigenvalue weighted by molar-refractivity contribution is 7.99. The Morgan fingerprint density at radius 3 is 2.52 bits per heavy atom. The molecule has 0 aliphatic heterocycles. The summed E-state index contributed by atoms with van der Waals surface area (Å²) in [5, 5.41) is 4.02. The van der Waals surface area contributed by atoms with Crippen molar-refractivity contribution in [2.24, 2.45) is 5.10 Å². The average Bonchev–Trinajstić information content (AvgIpc) is 2.62. The van der Waals surface area contributed by atoms with Crippen LogP contribution < -0.4 is 10.2 Å². The van der Waals surface area contributed by atoms with Crippen LogP contribution in [-0.4, -0.2) is 24.5 Å². The Labute approximate surface area is 166 Å². The number of aryl methyl sites for hydroxylation is 2. The van der Waals surface area contributed by atoms with E-state index in [4.69, 9.17) is 4.74 Å². The van der Waals surface area contributed by atoms with Gasteiger partial charge in [0, 0.05) is 5.75 Å². The number of ether oxygens (including phenoxy) is 1. The number of hydrazone groups is 1. The fourth-order valence-electron chi connectivity index (χ4n) is 2.61. The third-order valence-electron chi connectivity index (χ3n) is 3.83. The quantitative estimate of drug-likeness (QED) is 0.361. The summed E-state index contributed by atoms with van der Waals surface area (Å²) in [5.74, 6) is 1.96. The summed E-state index contributed by atoms with van der Waals surface area (Å²) in [5.41, 5.74) is 7.24. The van der Waals surface area contributed by atoms with Crippen LogP contribution in [0.15, 0.2) is 47.6 Å². The van der Waals surface area contributed by atoms with Crippen molar-refractivity contribution in [1.29, 1.82) is 0 Å². The monoisotopic (exact) mass is 384 g/mol. The number of carbonyl (C=O) groups is 1. The summed E-state index contributed by atoms with van der Waals surface area (Å²) in [6, 6.07) is 14.1. The van der Waals surface area contributed by atoms with E-state index in [1.165, 1.54) is 16.7 Å². The average molecular weight is 385 g/mol. The van der Waals surface area contributed by atoms with Crippen molar-refractivity contribution >= 4 is 23.9 Å². The van der Waals surface area contributed by atoms with E-state index in [0.717, 1.165) is 36.5 Å². The van der Waals surface area contributed by atoms with Crippen molar-refractivity contribution in [3.8, 4) is 5.75 Å². The summed E-state index contributed by atoms with van der Waals surface area (Å²) >= 11 is 1.59. The molecule has 4 nitrogen and oxygen atoms in total. The molecule has 2 aromatic rings. The maximum atomic E-state index is 11.9. The van der Waals surface area contributed by atoms with Gasteiger partial charge in [-0.05, 0) is 55.7 Å². The van der Waals surface area contributed by atoms with Gasteiger partial charge in [0.2, 0.25) is 5.91 Å². The molecule has 27 heavy (non-hydrogen) atoms. The Hall–Kier alpha value is -2.27. The van der Waals surface area contributed by atoms with Crippen LogP contribution in [0.4, 0.5) is 0 Å². The second-order valence-corrected chi connectivity index (χ2v) is 7.54. The number of hydrogen-bond donors (Lipinski definition) is 1. The van der Waals surface area contributed by atoms with Crippen molar-refractivity contribution in [3.05, 3.63) is 64.7 Å². The molecule has 0 aliphatic rings. The Balaban J connectivity index is 1.70. The third kappa shape index (κ3) is 8.31. The first-order valence-electron chi connectivity index (χ1n) is 9.26. The minimum Gasteiger partial charge on any atom is -0.494 e. The zero-order valence-electron chi connectivity index (χ0n) is 16.3. The van der Waals surface area contributed by atoms with E-state index in [0.29, 0.717) is 5.75 Å². The second-order valence-electron chi connectivity index (χ2n) is 6.55. The summed E-state index contributed by atoms with van der Waals surface area (Å²) in [4.78, 5) is 11.9. The van der Waals surface area contributed by atoms with Gasteiger partial charge in [0.1, 0.15) is 5.75 Å². The van der Waals surface area contributed by atoms with E-state index in [1.807, 2.05) is 24.3 Å². The molecule has 0 spiro atoms. The molecule has 0 saturated carbocycles. The van der Waals surface area contributed by atoms with Gasteiger partial charge in [-0.25, -0.2) is 5.43 Å². The molecule has 5 heteroatoms. The van der Waals surface area contributed by atoms with E-state index in [2.05, 4.69) is 49.5 Å². The molecule has 0 fully saturated rings. The molecule has 0 heterocycles. The number of unbranched alkanes of at least 4 members (excludes halogenated alkanes) is 1. The van der Waals surface area contributed by atoms with Crippen molar-refractivity contribution < 1.29 is 9.53 Å². The van der Waals surface area contributed by atoms with Crippen LogP contribution in [0.2, 0.25) is 0 Å². The van der Waals surface area contributed by atoms with Crippen molar-refractivity contribution in [2.45, 2.75) is 39.4 Å². The Kier molecular flexibility index (Phi) is 8.92. The number of carbonyl (C=O) groups excluding carboxylic acids is 1. The smallest absolute Gasteiger partial charge is 0.250 e. The number of amides is 1. The number of hydrogen-bond acceptors (Lipinski definition) is 4. The SMILES string of the molecule is CCCCOc1ccc(/C=N\NC(=O)CSCc2cc(C)cc(C)c2)cc1. The zero-order chi connectivity index (χ0) is 19.5. The van der Waals surface area contributed by atoms with E-state index in [1.54, 1.807) is 18.0 Å². The van der Waals surface area contributed by atoms with Gasteiger partial charge in [-0.1, -0.05) is 42.7 Å². The molecule has 2 rings (SSSR count). The minimum absolute atomic E-state index is 0.0971. The number of rotatable bonds is 10. The predicted molar refractivity (Wildman–Crippen MR) is 115 cm³/mol. The third-order valence-corrected chi connectivity index (χ3v) is 4.84. The van der Waals surface area contributed by atoms with Gasteiger partial charge in [-0.2, -0.15) is 5.10 Å². The fraction of sp³-hybridized carbons (Fsp3) is 0.364. The molecule has 0 unspecified atom stereocenters.